The Labute approximate surface area is 169 Å². The highest BCUT2D eigenvalue weighted by Crippen LogP contribution is 2.14. The number of unbranched alkanes of at least 4 members (excludes halogenated alkanes) is 14. The fourth-order valence-electron chi connectivity index (χ4n) is 3.25. The van der Waals surface area contributed by atoms with Crippen LogP contribution in [0.5, 0.6) is 0 Å². The molecule has 0 aromatic rings. The molecular weight excluding hydrogens is 334 g/mol. The van der Waals surface area contributed by atoms with Gasteiger partial charge in [0, 0.05) is 19.9 Å². The van der Waals surface area contributed by atoms with Crippen molar-refractivity contribution in [1.29, 1.82) is 0 Å². The van der Waals surface area contributed by atoms with Gasteiger partial charge in [0.15, 0.2) is 0 Å². The van der Waals surface area contributed by atoms with Crippen LogP contribution in [0.15, 0.2) is 12.3 Å². The molecule has 0 saturated carbocycles. The number of Topliss-reactive ketones (excluding diaryl/α,β-unsaturated/α-hetero) is 1. The maximum Gasteiger partial charge on any atom is 0.136 e. The number of ketones is 1. The minimum absolute atomic E-state index is 0.305. The molecule has 27 heavy (non-hydrogen) atoms. The normalized spacial score (nSPS) is 11.6. The minimum Gasteiger partial charge on any atom is -0.354 e. The first-order chi connectivity index (χ1) is 13.1. The van der Waals surface area contributed by atoms with Gasteiger partial charge in [0.25, 0.3) is 0 Å². The van der Waals surface area contributed by atoms with Gasteiger partial charge < -0.3 is 4.90 Å². The maximum absolute atomic E-state index is 11.8. The average Bonchev–Trinajstić information content (AvgIpc) is 2.64. The zero-order valence-electron chi connectivity index (χ0n) is 18.3. The van der Waals surface area contributed by atoms with E-state index < -0.39 is 6.29 Å². The molecule has 0 heterocycles. The van der Waals surface area contributed by atoms with Crippen molar-refractivity contribution in [3.05, 3.63) is 12.3 Å². The third kappa shape index (κ3) is 19.7. The number of hydrogen-bond acceptors (Lipinski definition) is 4. The second-order valence-electron chi connectivity index (χ2n) is 7.98. The first-order valence-corrected chi connectivity index (χ1v) is 11.5. The number of carbonyl (C=O) groups excluding carboxylic acids is 1. The highest BCUT2D eigenvalue weighted by molar-refractivity contribution is 5.79. The van der Waals surface area contributed by atoms with Crippen LogP contribution in [0, 0.1) is 0 Å². The summed E-state index contributed by atoms with van der Waals surface area (Å²) in [5.74, 6) is 0.305. The molecule has 0 aromatic carbocycles. The molecule has 4 nitrogen and oxygen atoms in total. The summed E-state index contributed by atoms with van der Waals surface area (Å²) in [4.78, 5) is 13.5. The molecule has 0 bridgehead atoms. The van der Waals surface area contributed by atoms with Crippen LogP contribution in [0.3, 0.4) is 0 Å². The van der Waals surface area contributed by atoms with Gasteiger partial charge >= 0.3 is 0 Å². The van der Waals surface area contributed by atoms with Crippen molar-refractivity contribution >= 4 is 5.78 Å². The summed E-state index contributed by atoms with van der Waals surface area (Å²) in [6.45, 7) is 2.28. The monoisotopic (exact) mass is 381 g/mol. The molecule has 0 aromatic heterocycles. The lowest BCUT2D eigenvalue weighted by Crippen LogP contribution is -2.43. The van der Waals surface area contributed by atoms with Gasteiger partial charge in [-0.2, -0.15) is 0 Å². The van der Waals surface area contributed by atoms with E-state index >= 15 is 0 Å². The fraction of sp³-hybridized carbons (Fsp3) is 0.870. The van der Waals surface area contributed by atoms with Gasteiger partial charge in [-0.3, -0.25) is 16.3 Å². The second-order valence-corrected chi connectivity index (χ2v) is 7.98. The number of hydrogen-bond donors (Lipinski definition) is 2. The molecule has 0 radical (unpaired) electrons. The summed E-state index contributed by atoms with van der Waals surface area (Å²) in [6.07, 6.45) is 24.6. The van der Waals surface area contributed by atoms with E-state index in [-0.39, 0.29) is 0 Å². The topological polar surface area (TPSA) is 72.3 Å². The molecule has 0 aliphatic carbocycles. The largest absolute Gasteiger partial charge is 0.354 e. The van der Waals surface area contributed by atoms with Crippen molar-refractivity contribution in [1.82, 2.24) is 4.90 Å². The Hall–Kier alpha value is -0.870. The Morgan fingerprint density at radius 3 is 1.59 bits per heavy atom. The van der Waals surface area contributed by atoms with E-state index in [2.05, 4.69) is 6.92 Å². The zero-order valence-corrected chi connectivity index (χ0v) is 18.3. The van der Waals surface area contributed by atoms with Gasteiger partial charge in [-0.15, -0.1) is 0 Å². The van der Waals surface area contributed by atoms with Crippen molar-refractivity contribution in [2.75, 3.05) is 7.05 Å². The highest BCUT2D eigenvalue weighted by atomic mass is 16.1. The predicted molar refractivity (Wildman–Crippen MR) is 118 cm³/mol. The molecule has 0 atom stereocenters. The summed E-state index contributed by atoms with van der Waals surface area (Å²) in [5, 5.41) is 0. The van der Waals surface area contributed by atoms with E-state index in [4.69, 9.17) is 11.5 Å². The van der Waals surface area contributed by atoms with Crippen LogP contribution in [-0.2, 0) is 4.79 Å². The van der Waals surface area contributed by atoms with Crippen LogP contribution in [0.25, 0.3) is 0 Å². The number of rotatable bonds is 20. The summed E-state index contributed by atoms with van der Waals surface area (Å²) in [5.41, 5.74) is 11.0. The van der Waals surface area contributed by atoms with Crippen LogP contribution in [-0.4, -0.2) is 24.0 Å². The van der Waals surface area contributed by atoms with Gasteiger partial charge in [-0.1, -0.05) is 103 Å². The summed E-state index contributed by atoms with van der Waals surface area (Å²) in [7, 11) is 1.81. The molecule has 4 heteroatoms. The molecule has 0 fully saturated rings. The molecule has 160 valence electrons. The van der Waals surface area contributed by atoms with Gasteiger partial charge in [0.2, 0.25) is 0 Å². The number of allylic oxidation sites excluding steroid dienone is 1. The smallest absolute Gasteiger partial charge is 0.136 e. The van der Waals surface area contributed by atoms with Crippen LogP contribution < -0.4 is 11.5 Å². The van der Waals surface area contributed by atoms with Gasteiger partial charge in [0.05, 0.1) is 0 Å². The molecule has 0 amide bonds. The van der Waals surface area contributed by atoms with E-state index in [0.29, 0.717) is 18.6 Å². The summed E-state index contributed by atoms with van der Waals surface area (Å²) < 4.78 is 0. The summed E-state index contributed by atoms with van der Waals surface area (Å²) in [6, 6.07) is 0. The zero-order chi connectivity index (χ0) is 20.2. The summed E-state index contributed by atoms with van der Waals surface area (Å²) >= 11 is 0. The third-order valence-electron chi connectivity index (χ3n) is 5.22. The Kier molecular flexibility index (Phi) is 19.2. The van der Waals surface area contributed by atoms with Crippen molar-refractivity contribution in [2.45, 2.75) is 122 Å². The first kappa shape index (κ1) is 26.1. The molecule has 0 aliphatic rings. The third-order valence-corrected chi connectivity index (χ3v) is 5.22. The van der Waals surface area contributed by atoms with E-state index in [0.717, 1.165) is 6.42 Å². The lowest BCUT2D eigenvalue weighted by molar-refractivity contribution is -0.118. The van der Waals surface area contributed by atoms with Crippen LogP contribution in [0.2, 0.25) is 0 Å². The van der Waals surface area contributed by atoms with Crippen LogP contribution >= 0.6 is 0 Å². The highest BCUT2D eigenvalue weighted by Gasteiger charge is 2.01. The number of carbonyl (C=O) groups is 1. The van der Waals surface area contributed by atoms with E-state index in [1.165, 1.54) is 89.9 Å². The van der Waals surface area contributed by atoms with E-state index in [9.17, 15) is 4.79 Å². The molecule has 0 saturated heterocycles. The standard InChI is InChI=1S/C23H47N3O/c1-3-4-5-6-7-8-9-10-11-12-13-14-15-16-17-19-22(27)20-18-21-26(2)23(24)25/h18,21,23H,3-17,19-20,24-25H2,1-2H3. The SMILES string of the molecule is CCCCCCCCCCCCCCCCCC(=O)CC=CN(C)C(N)N. The maximum atomic E-state index is 11.8. The van der Waals surface area contributed by atoms with Crippen LogP contribution in [0.4, 0.5) is 0 Å². The average molecular weight is 382 g/mol. The lowest BCUT2D eigenvalue weighted by Gasteiger charge is -2.17. The van der Waals surface area contributed by atoms with Crippen LogP contribution in [0.1, 0.15) is 116 Å². The minimum atomic E-state index is -0.507. The van der Waals surface area contributed by atoms with Crippen molar-refractivity contribution in [2.24, 2.45) is 11.5 Å². The molecule has 0 spiro atoms. The second kappa shape index (κ2) is 19.9. The Balaban J connectivity index is 3.25. The first-order valence-electron chi connectivity index (χ1n) is 11.5. The van der Waals surface area contributed by atoms with Crippen molar-refractivity contribution in [3.63, 3.8) is 0 Å². The Morgan fingerprint density at radius 2 is 1.19 bits per heavy atom. The Bertz CT molecular complexity index is 356. The number of nitrogens with zero attached hydrogens (tertiary/aromatic N) is 1. The molecule has 0 aliphatic heterocycles. The molecular formula is C23H47N3O. The Morgan fingerprint density at radius 1 is 0.778 bits per heavy atom. The van der Waals surface area contributed by atoms with E-state index in [1.54, 1.807) is 18.1 Å². The number of nitrogens with two attached hydrogens (primary N) is 2. The quantitative estimate of drug-likeness (QED) is 0.205. The van der Waals surface area contributed by atoms with Gasteiger partial charge in [-0.05, 0) is 12.6 Å². The lowest BCUT2D eigenvalue weighted by atomic mass is 10.0. The van der Waals surface area contributed by atoms with Gasteiger partial charge in [0.1, 0.15) is 12.1 Å². The van der Waals surface area contributed by atoms with Crippen molar-refractivity contribution in [3.8, 4) is 0 Å². The van der Waals surface area contributed by atoms with E-state index in [1.807, 2.05) is 6.08 Å². The van der Waals surface area contributed by atoms with Crippen molar-refractivity contribution < 1.29 is 4.79 Å². The molecule has 0 unspecified atom stereocenters. The fourth-order valence-corrected chi connectivity index (χ4v) is 3.25. The molecule has 4 N–H and O–H groups in total. The molecule has 0 rings (SSSR count). The predicted octanol–water partition coefficient (Wildman–Crippen LogP) is 5.85. The van der Waals surface area contributed by atoms with Gasteiger partial charge in [-0.25, -0.2) is 0 Å².